The number of alkyl halides is 6. The van der Waals surface area contributed by atoms with Crippen LogP contribution in [0, 0.1) is 5.41 Å². The molecule has 1 amide bonds. The van der Waals surface area contributed by atoms with Gasteiger partial charge in [0, 0.05) is 25.8 Å². The zero-order valence-electron chi connectivity index (χ0n) is 17.2. The second kappa shape index (κ2) is 8.34. The van der Waals surface area contributed by atoms with Gasteiger partial charge in [-0.15, -0.1) is 0 Å². The van der Waals surface area contributed by atoms with Crippen LogP contribution in [0.15, 0.2) is 30.7 Å². The summed E-state index contributed by atoms with van der Waals surface area (Å²) in [5.41, 5.74) is -1.60. The summed E-state index contributed by atoms with van der Waals surface area (Å²) in [4.78, 5) is 28.1. The number of pyridine rings is 1. The highest BCUT2D eigenvalue weighted by molar-refractivity contribution is 5.99. The Morgan fingerprint density at radius 2 is 1.70 bits per heavy atom. The van der Waals surface area contributed by atoms with Gasteiger partial charge in [-0.05, 0) is 31.4 Å². The summed E-state index contributed by atoms with van der Waals surface area (Å²) in [7, 11) is 0. The van der Waals surface area contributed by atoms with Gasteiger partial charge in [0.2, 0.25) is 11.8 Å². The van der Waals surface area contributed by atoms with Gasteiger partial charge >= 0.3 is 12.4 Å². The minimum Gasteiger partial charge on any atom is -0.467 e. The minimum atomic E-state index is -4.54. The van der Waals surface area contributed by atoms with Crippen molar-refractivity contribution in [3.05, 3.63) is 36.3 Å². The van der Waals surface area contributed by atoms with E-state index in [1.54, 1.807) is 4.90 Å². The van der Waals surface area contributed by atoms with Crippen molar-refractivity contribution in [2.45, 2.75) is 31.6 Å². The Morgan fingerprint density at radius 1 is 1.00 bits per heavy atom. The van der Waals surface area contributed by atoms with Crippen LogP contribution in [0.5, 0.6) is 5.88 Å². The highest BCUT2D eigenvalue weighted by Crippen LogP contribution is 2.44. The number of hydrogen-bond donors (Lipinski definition) is 0. The van der Waals surface area contributed by atoms with E-state index in [1.165, 1.54) is 11.1 Å². The zero-order valence-corrected chi connectivity index (χ0v) is 17.2. The summed E-state index contributed by atoms with van der Waals surface area (Å²) < 4.78 is 80.8. The van der Waals surface area contributed by atoms with Crippen LogP contribution in [0.25, 0.3) is 0 Å². The number of carbonyl (C=O) groups is 1. The molecule has 178 valence electrons. The molecule has 0 atom stereocenters. The minimum absolute atomic E-state index is 0.0329. The van der Waals surface area contributed by atoms with Crippen LogP contribution in [-0.4, -0.2) is 53.3 Å². The number of halogens is 6. The Bertz CT molecular complexity index is 1020. The first-order valence-corrected chi connectivity index (χ1v) is 10.1. The number of aromatic nitrogens is 3. The number of piperidine rings is 1. The van der Waals surface area contributed by atoms with Gasteiger partial charge in [0.05, 0.1) is 23.4 Å². The summed E-state index contributed by atoms with van der Waals surface area (Å²) in [5.74, 6) is -0.243. The van der Waals surface area contributed by atoms with Gasteiger partial charge in [-0.3, -0.25) is 14.7 Å². The fraction of sp³-hybridized carbons (Fsp3) is 0.500. The maximum Gasteiger partial charge on any atom is 0.422 e. The van der Waals surface area contributed by atoms with Crippen molar-refractivity contribution in [3.8, 4) is 5.88 Å². The van der Waals surface area contributed by atoms with E-state index in [-0.39, 0.29) is 24.1 Å². The monoisotopic (exact) mass is 475 g/mol. The van der Waals surface area contributed by atoms with Gasteiger partial charge in [-0.25, -0.2) is 4.98 Å². The fourth-order valence-electron chi connectivity index (χ4n) is 4.13. The molecule has 0 N–H and O–H groups in total. The van der Waals surface area contributed by atoms with Crippen molar-refractivity contribution in [3.63, 3.8) is 0 Å². The molecule has 0 aromatic carbocycles. The van der Waals surface area contributed by atoms with Crippen molar-refractivity contribution >= 4 is 17.5 Å². The van der Waals surface area contributed by atoms with Crippen LogP contribution in [-0.2, 0) is 11.0 Å². The average Bonchev–Trinajstić information content (AvgIpc) is 3.08. The van der Waals surface area contributed by atoms with E-state index in [0.29, 0.717) is 38.2 Å². The standard InChI is InChI=1S/C20H19F6N5O2/c21-19(22,23)12-33-16-11-27-10-15(29-16)30-6-2-18(3-7-30)4-8-31(17(18)32)14-9-13(1-5-28-14)20(24,25)26/h1,5,9-11H,2-4,6-8,12H2. The van der Waals surface area contributed by atoms with Gasteiger partial charge in [0.1, 0.15) is 5.82 Å². The second-order valence-electron chi connectivity index (χ2n) is 7.99. The number of nitrogens with zero attached hydrogens (tertiary/aromatic N) is 5. The quantitative estimate of drug-likeness (QED) is 0.626. The number of amides is 1. The maximum atomic E-state index is 13.2. The molecule has 2 aromatic heterocycles. The Hall–Kier alpha value is -3.12. The van der Waals surface area contributed by atoms with E-state index in [9.17, 15) is 31.1 Å². The molecule has 0 radical (unpaired) electrons. The summed E-state index contributed by atoms with van der Waals surface area (Å²) in [6, 6.07) is 1.72. The number of hydrogen-bond acceptors (Lipinski definition) is 6. The van der Waals surface area contributed by atoms with Crippen LogP contribution in [0.1, 0.15) is 24.8 Å². The molecular formula is C20H19F6N5O2. The molecule has 13 heteroatoms. The first-order chi connectivity index (χ1) is 15.5. The van der Waals surface area contributed by atoms with E-state index in [2.05, 4.69) is 19.7 Å². The lowest BCUT2D eigenvalue weighted by Gasteiger charge is -2.38. The Kier molecular flexibility index (Phi) is 5.83. The molecule has 2 fully saturated rings. The van der Waals surface area contributed by atoms with Crippen LogP contribution in [0.2, 0.25) is 0 Å². The average molecular weight is 475 g/mol. The number of anilines is 2. The smallest absolute Gasteiger partial charge is 0.422 e. The molecule has 0 aliphatic carbocycles. The van der Waals surface area contributed by atoms with Gasteiger partial charge in [-0.1, -0.05) is 0 Å². The summed E-state index contributed by atoms with van der Waals surface area (Å²) in [6.07, 6.45) is -4.23. The Balaban J connectivity index is 1.42. The number of ether oxygens (including phenoxy) is 1. The van der Waals surface area contributed by atoms with Gasteiger partial charge in [-0.2, -0.15) is 31.3 Å². The van der Waals surface area contributed by atoms with Crippen molar-refractivity contribution in [2.24, 2.45) is 5.41 Å². The summed E-state index contributed by atoms with van der Waals surface area (Å²) in [6.45, 7) is -0.462. The SMILES string of the molecule is O=C1N(c2cc(C(F)(F)F)ccn2)CCC12CCN(c1cncc(OCC(F)(F)F)n1)CC2. The lowest BCUT2D eigenvalue weighted by Crippen LogP contribution is -2.45. The van der Waals surface area contributed by atoms with E-state index < -0.39 is 29.9 Å². The molecule has 2 aliphatic rings. The molecule has 2 aromatic rings. The first kappa shape index (κ1) is 23.1. The summed E-state index contributed by atoms with van der Waals surface area (Å²) in [5, 5.41) is 0. The molecule has 1 spiro atoms. The highest BCUT2D eigenvalue weighted by atomic mass is 19.4. The highest BCUT2D eigenvalue weighted by Gasteiger charge is 2.49. The van der Waals surface area contributed by atoms with Crippen LogP contribution in [0.4, 0.5) is 38.0 Å². The second-order valence-corrected chi connectivity index (χ2v) is 7.99. The van der Waals surface area contributed by atoms with Gasteiger partial charge in [0.25, 0.3) is 0 Å². The third-order valence-corrected chi connectivity index (χ3v) is 5.89. The lowest BCUT2D eigenvalue weighted by molar-refractivity contribution is -0.154. The molecule has 4 rings (SSSR count). The topological polar surface area (TPSA) is 71.5 Å². The van der Waals surface area contributed by atoms with Crippen LogP contribution >= 0.6 is 0 Å². The zero-order chi connectivity index (χ0) is 23.9. The molecule has 0 bridgehead atoms. The molecular weight excluding hydrogens is 456 g/mol. The Morgan fingerprint density at radius 3 is 2.36 bits per heavy atom. The van der Waals surface area contributed by atoms with Gasteiger partial charge in [0.15, 0.2) is 12.4 Å². The van der Waals surface area contributed by atoms with Crippen LogP contribution in [0.3, 0.4) is 0 Å². The number of rotatable bonds is 4. The first-order valence-electron chi connectivity index (χ1n) is 10.1. The van der Waals surface area contributed by atoms with E-state index in [4.69, 9.17) is 0 Å². The number of carbonyl (C=O) groups excluding carboxylic acids is 1. The predicted molar refractivity (Wildman–Crippen MR) is 104 cm³/mol. The molecule has 33 heavy (non-hydrogen) atoms. The van der Waals surface area contributed by atoms with E-state index in [1.807, 2.05) is 0 Å². The van der Waals surface area contributed by atoms with Crippen molar-refractivity contribution < 1.29 is 35.9 Å². The lowest BCUT2D eigenvalue weighted by atomic mass is 9.77. The van der Waals surface area contributed by atoms with E-state index >= 15 is 0 Å². The maximum absolute atomic E-state index is 13.2. The van der Waals surface area contributed by atoms with E-state index in [0.717, 1.165) is 24.5 Å². The van der Waals surface area contributed by atoms with Crippen LogP contribution < -0.4 is 14.5 Å². The van der Waals surface area contributed by atoms with Gasteiger partial charge < -0.3 is 9.64 Å². The third-order valence-electron chi connectivity index (χ3n) is 5.89. The Labute approximate surface area is 184 Å². The fourth-order valence-corrected chi connectivity index (χ4v) is 4.13. The predicted octanol–water partition coefficient (Wildman–Crippen LogP) is 3.86. The summed E-state index contributed by atoms with van der Waals surface area (Å²) >= 11 is 0. The molecule has 0 saturated carbocycles. The molecule has 0 unspecified atom stereocenters. The van der Waals surface area contributed by atoms with Crippen molar-refractivity contribution in [1.82, 2.24) is 15.0 Å². The van der Waals surface area contributed by atoms with Crippen molar-refractivity contribution in [2.75, 3.05) is 36.0 Å². The largest absolute Gasteiger partial charge is 0.467 e. The molecule has 4 heterocycles. The normalized spacial score (nSPS) is 18.8. The molecule has 2 saturated heterocycles. The van der Waals surface area contributed by atoms with Crippen molar-refractivity contribution in [1.29, 1.82) is 0 Å². The molecule has 7 nitrogen and oxygen atoms in total. The third kappa shape index (κ3) is 4.96. The molecule has 2 aliphatic heterocycles.